The minimum absolute atomic E-state index is 0.0746. The van der Waals surface area contributed by atoms with Gasteiger partial charge in [-0.1, -0.05) is 19.9 Å². The number of aryl methyl sites for hydroxylation is 1. The second-order valence-corrected chi connectivity index (χ2v) is 7.53. The molecule has 2 aromatic rings. The Bertz CT molecular complexity index is 645. The van der Waals surface area contributed by atoms with E-state index in [-0.39, 0.29) is 18.0 Å². The first-order valence-corrected chi connectivity index (χ1v) is 8.44. The number of thiophene rings is 1. The van der Waals surface area contributed by atoms with E-state index in [0.717, 1.165) is 5.76 Å². The fraction of sp³-hybridized carbons (Fsp3) is 0.471. The lowest BCUT2D eigenvalue weighted by atomic mass is 9.91. The third-order valence-corrected chi connectivity index (χ3v) is 4.98. The van der Waals surface area contributed by atoms with E-state index in [1.807, 2.05) is 18.4 Å². The fourth-order valence-corrected chi connectivity index (χ4v) is 3.03. The Labute approximate surface area is 140 Å². The van der Waals surface area contributed by atoms with E-state index in [1.54, 1.807) is 30.4 Å². The average Bonchev–Trinajstić information content (AvgIpc) is 3.14. The number of amides is 2. The number of urea groups is 1. The van der Waals surface area contributed by atoms with E-state index >= 15 is 0 Å². The molecule has 0 aliphatic carbocycles. The predicted octanol–water partition coefficient (Wildman–Crippen LogP) is 3.13. The van der Waals surface area contributed by atoms with Crippen molar-refractivity contribution in [1.29, 1.82) is 0 Å². The number of hydrogen-bond acceptors (Lipinski definition) is 4. The van der Waals surface area contributed by atoms with Crippen molar-refractivity contribution in [2.24, 2.45) is 0 Å². The summed E-state index contributed by atoms with van der Waals surface area (Å²) < 4.78 is 5.42. The Hall–Kier alpha value is -1.79. The highest BCUT2D eigenvalue weighted by Crippen LogP contribution is 2.26. The Morgan fingerprint density at radius 3 is 2.48 bits per heavy atom. The predicted molar refractivity (Wildman–Crippen MR) is 91.8 cm³/mol. The normalized spacial score (nSPS) is 14.3. The van der Waals surface area contributed by atoms with E-state index in [0.29, 0.717) is 12.3 Å². The molecule has 0 spiro atoms. The van der Waals surface area contributed by atoms with E-state index in [1.165, 1.54) is 4.88 Å². The van der Waals surface area contributed by atoms with Gasteiger partial charge < -0.3 is 20.2 Å². The van der Waals surface area contributed by atoms with Crippen LogP contribution in [-0.4, -0.2) is 24.2 Å². The maximum Gasteiger partial charge on any atom is 0.314 e. The number of rotatable bonds is 6. The van der Waals surface area contributed by atoms with Gasteiger partial charge in [0, 0.05) is 16.8 Å². The van der Waals surface area contributed by atoms with Crippen LogP contribution in [0, 0.1) is 6.92 Å². The van der Waals surface area contributed by atoms with Crippen LogP contribution < -0.4 is 10.6 Å². The molecule has 0 aliphatic rings. The average molecular weight is 336 g/mol. The summed E-state index contributed by atoms with van der Waals surface area (Å²) in [5, 5.41) is 18.0. The molecule has 3 N–H and O–H groups in total. The molecule has 0 saturated carbocycles. The number of furan rings is 1. The fourth-order valence-electron chi connectivity index (χ4n) is 2.18. The van der Waals surface area contributed by atoms with E-state index in [9.17, 15) is 9.90 Å². The first-order valence-electron chi connectivity index (χ1n) is 7.56. The van der Waals surface area contributed by atoms with Gasteiger partial charge in [0.25, 0.3) is 0 Å². The monoisotopic (exact) mass is 336 g/mol. The first-order chi connectivity index (χ1) is 10.7. The van der Waals surface area contributed by atoms with Crippen molar-refractivity contribution in [3.8, 4) is 0 Å². The molecule has 6 heteroatoms. The van der Waals surface area contributed by atoms with Gasteiger partial charge in [-0.3, -0.25) is 0 Å². The Morgan fingerprint density at radius 1 is 1.22 bits per heavy atom. The summed E-state index contributed by atoms with van der Waals surface area (Å²) in [6.07, 6.45) is 0. The van der Waals surface area contributed by atoms with E-state index < -0.39 is 5.60 Å². The summed E-state index contributed by atoms with van der Waals surface area (Å²) in [4.78, 5) is 13.2. The maximum absolute atomic E-state index is 12.0. The number of carbonyl (C=O) groups excluding carboxylic acids is 1. The number of nitrogens with one attached hydrogen (secondary N) is 2. The van der Waals surface area contributed by atoms with Crippen LogP contribution in [0.3, 0.4) is 0 Å². The number of hydrogen-bond donors (Lipinski definition) is 3. The van der Waals surface area contributed by atoms with Crippen LogP contribution >= 0.6 is 11.3 Å². The van der Waals surface area contributed by atoms with Gasteiger partial charge in [-0.05, 0) is 37.4 Å². The molecular weight excluding hydrogens is 312 g/mol. The lowest BCUT2D eigenvalue weighted by Crippen LogP contribution is -2.46. The highest BCUT2D eigenvalue weighted by molar-refractivity contribution is 7.10. The lowest BCUT2D eigenvalue weighted by molar-refractivity contribution is 0.0359. The van der Waals surface area contributed by atoms with Gasteiger partial charge in [0.05, 0.1) is 6.54 Å². The van der Waals surface area contributed by atoms with Gasteiger partial charge in [0.15, 0.2) is 0 Å². The van der Waals surface area contributed by atoms with Gasteiger partial charge in [-0.25, -0.2) is 4.79 Å². The zero-order valence-electron chi connectivity index (χ0n) is 14.0. The molecule has 5 nitrogen and oxygen atoms in total. The standard InChI is InChI=1S/C17H24N2O3S/c1-12-7-8-13(22-12)17(4,21)11-19-15(20)18-10-16(2,3)14-6-5-9-23-14/h5-9,21H,10-11H2,1-4H3,(H2,18,19,20). The Balaban J connectivity index is 1.83. The molecule has 2 rings (SSSR count). The molecule has 0 fully saturated rings. The second-order valence-electron chi connectivity index (χ2n) is 6.58. The molecule has 2 aromatic heterocycles. The number of carbonyl (C=O) groups is 1. The zero-order valence-corrected chi connectivity index (χ0v) is 14.8. The smallest absolute Gasteiger partial charge is 0.314 e. The molecule has 0 aromatic carbocycles. The van der Waals surface area contributed by atoms with Crippen LogP contribution in [0.5, 0.6) is 0 Å². The number of aliphatic hydroxyl groups is 1. The summed E-state index contributed by atoms with van der Waals surface area (Å²) in [6, 6.07) is 7.26. The molecule has 0 bridgehead atoms. The molecule has 23 heavy (non-hydrogen) atoms. The molecular formula is C17H24N2O3S. The Kier molecular flexibility index (Phi) is 5.16. The van der Waals surface area contributed by atoms with E-state index in [2.05, 4.69) is 30.5 Å². The van der Waals surface area contributed by atoms with Crippen LogP contribution in [-0.2, 0) is 11.0 Å². The zero-order chi connectivity index (χ0) is 17.1. The minimum Gasteiger partial charge on any atom is -0.463 e. The second kappa shape index (κ2) is 6.76. The summed E-state index contributed by atoms with van der Waals surface area (Å²) in [5.74, 6) is 1.16. The summed E-state index contributed by atoms with van der Waals surface area (Å²) in [6.45, 7) is 8.18. The summed E-state index contributed by atoms with van der Waals surface area (Å²) >= 11 is 1.67. The van der Waals surface area contributed by atoms with Gasteiger partial charge in [-0.2, -0.15) is 0 Å². The van der Waals surface area contributed by atoms with Crippen molar-refractivity contribution in [3.05, 3.63) is 46.0 Å². The molecule has 1 atom stereocenters. The SMILES string of the molecule is Cc1ccc(C(C)(O)CNC(=O)NCC(C)(C)c2cccs2)o1. The van der Waals surface area contributed by atoms with Crippen LogP contribution in [0.2, 0.25) is 0 Å². The van der Waals surface area contributed by atoms with Crippen molar-refractivity contribution in [3.63, 3.8) is 0 Å². The summed E-state index contributed by atoms with van der Waals surface area (Å²) in [5.41, 5.74) is -1.37. The van der Waals surface area contributed by atoms with Gasteiger partial charge >= 0.3 is 6.03 Å². The Morgan fingerprint density at radius 2 is 1.91 bits per heavy atom. The van der Waals surface area contributed by atoms with Crippen molar-refractivity contribution < 1.29 is 14.3 Å². The van der Waals surface area contributed by atoms with Crippen molar-refractivity contribution in [1.82, 2.24) is 10.6 Å². The van der Waals surface area contributed by atoms with Gasteiger partial charge in [0.2, 0.25) is 0 Å². The van der Waals surface area contributed by atoms with Gasteiger partial charge in [-0.15, -0.1) is 11.3 Å². The van der Waals surface area contributed by atoms with Crippen molar-refractivity contribution in [2.75, 3.05) is 13.1 Å². The molecule has 2 heterocycles. The summed E-state index contributed by atoms with van der Waals surface area (Å²) in [7, 11) is 0. The molecule has 2 amide bonds. The first kappa shape index (κ1) is 17.6. The highest BCUT2D eigenvalue weighted by Gasteiger charge is 2.28. The molecule has 0 saturated heterocycles. The highest BCUT2D eigenvalue weighted by atomic mass is 32.1. The van der Waals surface area contributed by atoms with Crippen molar-refractivity contribution in [2.45, 2.75) is 38.7 Å². The van der Waals surface area contributed by atoms with Crippen LogP contribution in [0.1, 0.15) is 37.2 Å². The third kappa shape index (κ3) is 4.59. The largest absolute Gasteiger partial charge is 0.463 e. The molecule has 126 valence electrons. The quantitative estimate of drug-likeness (QED) is 0.759. The minimum atomic E-state index is -1.24. The van der Waals surface area contributed by atoms with Crippen LogP contribution in [0.4, 0.5) is 4.79 Å². The van der Waals surface area contributed by atoms with E-state index in [4.69, 9.17) is 4.42 Å². The molecule has 0 radical (unpaired) electrons. The molecule has 0 aliphatic heterocycles. The van der Waals surface area contributed by atoms with Gasteiger partial charge in [0.1, 0.15) is 17.1 Å². The molecule has 1 unspecified atom stereocenters. The third-order valence-electron chi connectivity index (χ3n) is 3.74. The van der Waals surface area contributed by atoms with Crippen LogP contribution in [0.25, 0.3) is 0 Å². The van der Waals surface area contributed by atoms with Crippen LogP contribution in [0.15, 0.2) is 34.1 Å². The topological polar surface area (TPSA) is 74.5 Å². The lowest BCUT2D eigenvalue weighted by Gasteiger charge is -2.25. The maximum atomic E-state index is 12.0. The van der Waals surface area contributed by atoms with Crippen molar-refractivity contribution >= 4 is 17.4 Å².